The van der Waals surface area contributed by atoms with Crippen LogP contribution in [0.15, 0.2) is 200 Å². The van der Waals surface area contributed by atoms with E-state index in [1.54, 1.807) is 50.0 Å². The maximum Gasteiger partial charge on any atom is 0.242 e. The molecule has 3 aliphatic heterocycles. The monoisotopic (exact) mass is 1180 g/mol. The predicted octanol–water partition coefficient (Wildman–Crippen LogP) is 22.6. The van der Waals surface area contributed by atoms with Crippen LogP contribution in [-0.2, 0) is 15.6 Å². The van der Waals surface area contributed by atoms with Gasteiger partial charge in [-0.25, -0.2) is 0 Å². The molecule has 7 atom stereocenters. The molecule has 13 rings (SSSR count). The summed E-state index contributed by atoms with van der Waals surface area (Å²) in [5.74, 6) is 2.59. The van der Waals surface area contributed by atoms with Crippen LogP contribution in [0.4, 0.5) is 22.7 Å². The van der Waals surface area contributed by atoms with Gasteiger partial charge < -0.3 is 14.5 Å². The van der Waals surface area contributed by atoms with E-state index in [0.717, 1.165) is 83.5 Å². The fraction of sp³-hybridized carbons (Fsp3) is 0.506. The number of benzene rings is 3. The van der Waals surface area contributed by atoms with Crippen molar-refractivity contribution in [2.45, 2.75) is 242 Å². The molecule has 3 nitrogen and oxygen atoms in total. The highest BCUT2D eigenvalue weighted by atomic mass is 16.5. The van der Waals surface area contributed by atoms with E-state index in [9.17, 15) is 0 Å². The molecule has 0 radical (unpaired) electrons. The van der Waals surface area contributed by atoms with Crippen molar-refractivity contribution in [1.29, 1.82) is 0 Å². The summed E-state index contributed by atoms with van der Waals surface area (Å²) in [4.78, 5) is 5.78. The second-order valence-electron chi connectivity index (χ2n) is 33.9. The van der Waals surface area contributed by atoms with Gasteiger partial charge in [0.05, 0.1) is 11.8 Å². The van der Waals surface area contributed by atoms with Crippen LogP contribution >= 0.6 is 0 Å². The Hall–Kier alpha value is -6.00. The molecule has 0 fully saturated rings. The Morgan fingerprint density at radius 2 is 1.35 bits per heavy atom. The Kier molecular flexibility index (Phi) is 16.2. The van der Waals surface area contributed by atoms with Gasteiger partial charge in [0, 0.05) is 58.5 Å². The van der Waals surface area contributed by atoms with Crippen molar-refractivity contribution >= 4 is 34.9 Å². The van der Waals surface area contributed by atoms with Gasteiger partial charge in [-0.1, -0.05) is 246 Å². The summed E-state index contributed by atoms with van der Waals surface area (Å²) in [5.41, 5.74) is 29.1. The van der Waals surface area contributed by atoms with Crippen LogP contribution < -0.4 is 15.3 Å². The van der Waals surface area contributed by atoms with E-state index in [0.29, 0.717) is 23.8 Å². The first-order valence-corrected chi connectivity index (χ1v) is 35.2. The van der Waals surface area contributed by atoms with Crippen LogP contribution in [0.1, 0.15) is 230 Å². The molecule has 3 aromatic carbocycles. The molecule has 0 spiro atoms. The van der Waals surface area contributed by atoms with Crippen LogP contribution in [-0.4, -0.2) is 24.9 Å². The molecule has 7 aliphatic carbocycles. The van der Waals surface area contributed by atoms with E-state index in [1.807, 2.05) is 0 Å². The highest BCUT2D eigenvalue weighted by Gasteiger charge is 2.51. The van der Waals surface area contributed by atoms with E-state index in [-0.39, 0.29) is 51.9 Å². The van der Waals surface area contributed by atoms with Gasteiger partial charge >= 0.3 is 0 Å². The Balaban J connectivity index is 1.07. The number of fused-ring (bicyclic) bond motifs is 5. The van der Waals surface area contributed by atoms with Crippen molar-refractivity contribution in [1.82, 2.24) is 0 Å². The minimum atomic E-state index is 0.00488. The first kappa shape index (κ1) is 61.8. The zero-order valence-corrected chi connectivity index (χ0v) is 57.7. The summed E-state index contributed by atoms with van der Waals surface area (Å²) in [6, 6.07) is 25.9. The number of allylic oxidation sites excluding steroid dienone is 19. The number of ether oxygens (including phenoxy) is 1. The summed E-state index contributed by atoms with van der Waals surface area (Å²) in [7, 11) is 0. The van der Waals surface area contributed by atoms with Gasteiger partial charge in [-0.3, -0.25) is 0 Å². The van der Waals surface area contributed by atoms with E-state index in [1.165, 1.54) is 74.6 Å². The number of rotatable bonds is 9. The molecule has 10 aliphatic rings. The van der Waals surface area contributed by atoms with Crippen molar-refractivity contribution in [3.05, 3.63) is 217 Å². The lowest BCUT2D eigenvalue weighted by Crippen LogP contribution is -2.56. The van der Waals surface area contributed by atoms with Crippen LogP contribution in [0.2, 0.25) is 0 Å². The van der Waals surface area contributed by atoms with Gasteiger partial charge in [0.1, 0.15) is 6.10 Å². The molecule has 0 aromatic heterocycles. The normalized spacial score (nSPS) is 25.9. The van der Waals surface area contributed by atoms with Crippen LogP contribution in [0.25, 0.3) is 0 Å². The third-order valence-electron chi connectivity index (χ3n) is 22.8. The molecular weight excluding hydrogens is 1080 g/mol. The van der Waals surface area contributed by atoms with Crippen molar-refractivity contribution in [3.63, 3.8) is 0 Å². The summed E-state index contributed by atoms with van der Waals surface area (Å²) in [5, 5.41) is 0. The molecule has 0 bridgehead atoms. The van der Waals surface area contributed by atoms with Gasteiger partial charge in [-0.15, -0.1) is 0 Å². The zero-order chi connectivity index (χ0) is 62.7. The summed E-state index contributed by atoms with van der Waals surface area (Å²) in [6.45, 7) is 38.4. The Morgan fingerprint density at radius 1 is 0.607 bits per heavy atom. The van der Waals surface area contributed by atoms with Crippen LogP contribution in [0.3, 0.4) is 0 Å². The fourth-order valence-electron chi connectivity index (χ4n) is 17.8. The summed E-state index contributed by atoms with van der Waals surface area (Å²) >= 11 is 0. The predicted molar refractivity (Wildman–Crippen MR) is 382 cm³/mol. The van der Waals surface area contributed by atoms with E-state index >= 15 is 0 Å². The fourth-order valence-corrected chi connectivity index (χ4v) is 17.8. The molecule has 466 valence electrons. The van der Waals surface area contributed by atoms with Crippen LogP contribution in [0, 0.1) is 34.0 Å². The molecular formula is C85H107BN2O. The maximum atomic E-state index is 6.92. The maximum absolute atomic E-state index is 6.92. The quantitative estimate of drug-likeness (QED) is 0.157. The van der Waals surface area contributed by atoms with E-state index in [2.05, 4.69) is 254 Å². The topological polar surface area (TPSA) is 15.7 Å². The molecule has 0 saturated heterocycles. The molecule has 0 saturated carbocycles. The Bertz CT molecular complexity index is 3700. The van der Waals surface area contributed by atoms with Gasteiger partial charge in [0.2, 0.25) is 6.71 Å². The molecule has 89 heavy (non-hydrogen) atoms. The smallest absolute Gasteiger partial charge is 0.242 e. The van der Waals surface area contributed by atoms with Crippen LogP contribution in [0.5, 0.6) is 0 Å². The number of hydrogen-bond acceptors (Lipinski definition) is 3. The molecule has 0 N–H and O–H groups in total. The van der Waals surface area contributed by atoms with E-state index < -0.39 is 0 Å². The molecule has 4 heteroatoms. The van der Waals surface area contributed by atoms with Gasteiger partial charge in [-0.05, 0) is 199 Å². The van der Waals surface area contributed by atoms with Crippen molar-refractivity contribution in [3.8, 4) is 0 Å². The molecule has 7 unspecified atom stereocenters. The summed E-state index contributed by atoms with van der Waals surface area (Å²) < 4.78 is 6.92. The highest BCUT2D eigenvalue weighted by molar-refractivity contribution is 6.89. The first-order chi connectivity index (χ1) is 42.2. The Labute approximate surface area is 539 Å². The standard InChI is InChI=1S/C85H107BN2O/c1-54-78(69-25-20-21-28-77(69)89-54)68-26-22-27-72-71(68)50-59-49-58(79(56-29-33-60(34-30-56)81(2,3)4)57-31-35-61(36-32-57)82(5,6)7)51-76-80(59)86(72)73-47-46-67(53-75(73)88(76)74-48-41-64(85(14,15)16)52-70(74)55-23-18-17-19-24-55)87(65-42-37-62(38-43-65)83(8,9)10)66-44-39-63(40-45-66)84(11,12)13/h18,20-21,23,27,29,31,33-35,37-39,41-43,46-49,52-53,55-56,66,69,76-77,79H,17,19,22,24-26,28,30,32,36,40,44-45,50-51H2,1-16H3. The average molecular weight is 1180 g/mol. The zero-order valence-electron chi connectivity index (χ0n) is 57.7. The second kappa shape index (κ2) is 23.3. The lowest BCUT2D eigenvalue weighted by atomic mass is 9.28. The average Bonchev–Trinajstić information content (AvgIpc) is 0.900. The largest absolute Gasteiger partial charge is 0.494 e. The van der Waals surface area contributed by atoms with Crippen molar-refractivity contribution in [2.24, 2.45) is 34.0 Å². The molecule has 3 aromatic rings. The van der Waals surface area contributed by atoms with E-state index in [4.69, 9.17) is 4.74 Å². The minimum absolute atomic E-state index is 0.00488. The highest BCUT2D eigenvalue weighted by Crippen LogP contribution is 2.57. The lowest BCUT2D eigenvalue weighted by Gasteiger charge is -2.51. The van der Waals surface area contributed by atoms with Crippen molar-refractivity contribution in [2.75, 3.05) is 9.80 Å². The first-order valence-electron chi connectivity index (χ1n) is 35.2. The van der Waals surface area contributed by atoms with Gasteiger partial charge in [0.15, 0.2) is 0 Å². The molecule has 0 amide bonds. The second-order valence-corrected chi connectivity index (χ2v) is 33.9. The third-order valence-corrected chi connectivity index (χ3v) is 22.8. The minimum Gasteiger partial charge on any atom is -0.494 e. The van der Waals surface area contributed by atoms with Gasteiger partial charge in [0.25, 0.3) is 0 Å². The number of nitrogens with zero attached hydrogens (tertiary/aromatic N) is 2. The lowest BCUT2D eigenvalue weighted by molar-refractivity contribution is 0.112. The van der Waals surface area contributed by atoms with Gasteiger partial charge in [-0.2, -0.15) is 0 Å². The SMILES string of the molecule is CC1=C(C2=C3CC4=C5B(C3=CCC2)c2ccc(N(c3ccc(C(C)(C)C)cc3)C3CC=C(C(C)(C)C)CC3)cc2N(c2ccc(C(C)(C)C)cc2C2C=CCCC2)C5CC(C(C2=CC=C(C(C)(C)C)CC2)C2C=CC(C(C)(C)C)=CC2)=C4)C2CC=CCC2O1. The number of hydrogen-bond donors (Lipinski definition) is 0. The molecule has 3 heterocycles. The number of anilines is 4. The third kappa shape index (κ3) is 11.8. The van der Waals surface area contributed by atoms with Crippen molar-refractivity contribution < 1.29 is 4.74 Å². The Morgan fingerprint density at radius 3 is 2.00 bits per heavy atom. The summed E-state index contributed by atoms with van der Waals surface area (Å²) in [6.07, 6.45) is 47.6.